The molecule has 0 spiro atoms. The Hall–Kier alpha value is -1.79. The molecular formula is C15H15FN2O2S. The van der Waals surface area contributed by atoms with Crippen molar-refractivity contribution >= 4 is 17.0 Å². The molecule has 1 fully saturated rings. The van der Waals surface area contributed by atoms with Crippen LogP contribution in [0.5, 0.6) is 0 Å². The first-order valence-corrected chi connectivity index (χ1v) is 7.70. The molecule has 0 atom stereocenters. The predicted octanol–water partition coefficient (Wildman–Crippen LogP) is 3.96. The number of thiophene rings is 1. The van der Waals surface area contributed by atoms with Crippen LogP contribution in [0, 0.1) is 15.9 Å². The van der Waals surface area contributed by atoms with E-state index in [9.17, 15) is 14.5 Å². The third-order valence-corrected chi connectivity index (χ3v) is 4.46. The van der Waals surface area contributed by atoms with Gasteiger partial charge in [-0.3, -0.25) is 15.0 Å². The summed E-state index contributed by atoms with van der Waals surface area (Å²) in [6.45, 7) is 1.47. The maximum absolute atomic E-state index is 13.7. The van der Waals surface area contributed by atoms with Gasteiger partial charge in [-0.05, 0) is 35.9 Å². The Morgan fingerprint density at radius 2 is 2.14 bits per heavy atom. The lowest BCUT2D eigenvalue weighted by molar-refractivity contribution is -0.387. The van der Waals surface area contributed by atoms with Gasteiger partial charge in [-0.2, -0.15) is 4.39 Å². The van der Waals surface area contributed by atoms with Crippen LogP contribution in [0.25, 0.3) is 0 Å². The highest BCUT2D eigenvalue weighted by atomic mass is 32.1. The van der Waals surface area contributed by atoms with E-state index in [0.717, 1.165) is 12.1 Å². The van der Waals surface area contributed by atoms with Crippen molar-refractivity contribution in [2.75, 3.05) is 0 Å². The van der Waals surface area contributed by atoms with Gasteiger partial charge in [-0.1, -0.05) is 12.1 Å². The third-order valence-electron chi connectivity index (χ3n) is 3.60. The number of rotatable bonds is 6. The topological polar surface area (TPSA) is 46.4 Å². The molecule has 110 valence electrons. The SMILES string of the molecule is O=[N+]([O-])c1ccc(CN(Cc2cccs2)C2CC2)cc1F. The van der Waals surface area contributed by atoms with Crippen LogP contribution >= 0.6 is 11.3 Å². The van der Waals surface area contributed by atoms with Crippen LogP contribution < -0.4 is 0 Å². The van der Waals surface area contributed by atoms with Crippen LogP contribution in [0.1, 0.15) is 23.3 Å². The van der Waals surface area contributed by atoms with Crippen molar-refractivity contribution in [2.45, 2.75) is 32.0 Å². The molecule has 1 heterocycles. The molecule has 0 aliphatic heterocycles. The number of nitro groups is 1. The number of nitrogens with zero attached hydrogens (tertiary/aromatic N) is 2. The summed E-state index contributed by atoms with van der Waals surface area (Å²) in [4.78, 5) is 13.5. The van der Waals surface area contributed by atoms with Crippen LogP contribution in [-0.4, -0.2) is 15.9 Å². The molecule has 3 rings (SSSR count). The fraction of sp³-hybridized carbons (Fsp3) is 0.333. The van der Waals surface area contributed by atoms with Gasteiger partial charge in [-0.25, -0.2) is 0 Å². The van der Waals surface area contributed by atoms with Crippen molar-refractivity contribution in [3.63, 3.8) is 0 Å². The van der Waals surface area contributed by atoms with Gasteiger partial charge in [0.1, 0.15) is 0 Å². The normalized spacial score (nSPS) is 14.6. The van der Waals surface area contributed by atoms with E-state index in [-0.39, 0.29) is 0 Å². The lowest BCUT2D eigenvalue weighted by atomic mass is 10.2. The fourth-order valence-corrected chi connectivity index (χ4v) is 3.12. The third kappa shape index (κ3) is 3.46. The van der Waals surface area contributed by atoms with Crippen molar-refractivity contribution in [1.29, 1.82) is 0 Å². The van der Waals surface area contributed by atoms with Crippen LogP contribution in [0.3, 0.4) is 0 Å². The quantitative estimate of drug-likeness (QED) is 0.599. The second-order valence-corrected chi connectivity index (χ2v) is 6.29. The van der Waals surface area contributed by atoms with Gasteiger partial charge in [-0.15, -0.1) is 11.3 Å². The molecule has 1 aromatic heterocycles. The number of nitro benzene ring substituents is 1. The van der Waals surface area contributed by atoms with Crippen LogP contribution in [0.2, 0.25) is 0 Å². The highest BCUT2D eigenvalue weighted by Gasteiger charge is 2.29. The molecule has 0 unspecified atom stereocenters. The Morgan fingerprint density at radius 1 is 1.33 bits per heavy atom. The molecule has 0 bridgehead atoms. The largest absolute Gasteiger partial charge is 0.304 e. The maximum atomic E-state index is 13.7. The van der Waals surface area contributed by atoms with Gasteiger partial charge in [0.2, 0.25) is 5.82 Å². The lowest BCUT2D eigenvalue weighted by Crippen LogP contribution is -2.24. The van der Waals surface area contributed by atoms with Crippen LogP contribution in [0.4, 0.5) is 10.1 Å². The van der Waals surface area contributed by atoms with Gasteiger partial charge in [0.15, 0.2) is 0 Å². The van der Waals surface area contributed by atoms with E-state index < -0.39 is 16.4 Å². The van der Waals surface area contributed by atoms with Crippen molar-refractivity contribution in [3.8, 4) is 0 Å². The smallest absolute Gasteiger partial charge is 0.291 e. The van der Waals surface area contributed by atoms with E-state index >= 15 is 0 Å². The van der Waals surface area contributed by atoms with Crippen molar-refractivity contribution in [2.24, 2.45) is 0 Å². The zero-order chi connectivity index (χ0) is 14.8. The highest BCUT2D eigenvalue weighted by molar-refractivity contribution is 7.09. The first kappa shape index (κ1) is 14.2. The molecule has 0 saturated heterocycles. The van der Waals surface area contributed by atoms with E-state index in [1.165, 1.54) is 29.9 Å². The molecular weight excluding hydrogens is 291 g/mol. The van der Waals surface area contributed by atoms with Gasteiger partial charge in [0.05, 0.1) is 4.92 Å². The van der Waals surface area contributed by atoms with Crippen molar-refractivity contribution in [3.05, 3.63) is 62.1 Å². The van der Waals surface area contributed by atoms with Crippen LogP contribution in [-0.2, 0) is 13.1 Å². The average Bonchev–Trinajstić information content (AvgIpc) is 3.16. The summed E-state index contributed by atoms with van der Waals surface area (Å²) in [5.41, 5.74) is 0.316. The molecule has 0 amide bonds. The molecule has 6 heteroatoms. The van der Waals surface area contributed by atoms with E-state index in [4.69, 9.17) is 0 Å². The molecule has 2 aromatic rings. The van der Waals surface area contributed by atoms with E-state index in [2.05, 4.69) is 11.0 Å². The minimum Gasteiger partial charge on any atom is -0.291 e. The Labute approximate surface area is 126 Å². The van der Waals surface area contributed by atoms with Gasteiger partial charge < -0.3 is 0 Å². The molecule has 1 aliphatic carbocycles. The zero-order valence-electron chi connectivity index (χ0n) is 11.4. The number of halogens is 1. The van der Waals surface area contributed by atoms with Crippen molar-refractivity contribution < 1.29 is 9.31 Å². The summed E-state index contributed by atoms with van der Waals surface area (Å²) in [5.74, 6) is -0.760. The second kappa shape index (κ2) is 5.91. The van der Waals surface area contributed by atoms with E-state index in [1.807, 2.05) is 11.4 Å². The van der Waals surface area contributed by atoms with Gasteiger partial charge in [0, 0.05) is 30.1 Å². The molecule has 1 aliphatic rings. The Kier molecular flexibility index (Phi) is 3.98. The van der Waals surface area contributed by atoms with E-state index in [1.54, 1.807) is 17.4 Å². The highest BCUT2D eigenvalue weighted by Crippen LogP contribution is 2.31. The maximum Gasteiger partial charge on any atom is 0.304 e. The van der Waals surface area contributed by atoms with Crippen molar-refractivity contribution in [1.82, 2.24) is 4.90 Å². The predicted molar refractivity (Wildman–Crippen MR) is 79.6 cm³/mol. The molecule has 21 heavy (non-hydrogen) atoms. The standard InChI is InChI=1S/C15H15FN2O2S/c16-14-8-11(3-6-15(14)18(19)20)9-17(12-4-5-12)10-13-2-1-7-21-13/h1-3,6-8,12H,4-5,9-10H2. The summed E-state index contributed by atoms with van der Waals surface area (Å²) in [5, 5.41) is 12.7. The summed E-state index contributed by atoms with van der Waals surface area (Å²) in [6.07, 6.45) is 2.33. The summed E-state index contributed by atoms with van der Waals surface area (Å²) in [7, 11) is 0. The molecule has 0 radical (unpaired) electrons. The monoisotopic (exact) mass is 306 g/mol. The summed E-state index contributed by atoms with van der Waals surface area (Å²) in [6, 6.07) is 8.84. The zero-order valence-corrected chi connectivity index (χ0v) is 12.2. The fourth-order valence-electron chi connectivity index (χ4n) is 2.39. The Balaban J connectivity index is 1.73. The number of benzene rings is 1. The first-order chi connectivity index (χ1) is 10.1. The molecule has 4 nitrogen and oxygen atoms in total. The Morgan fingerprint density at radius 3 is 2.71 bits per heavy atom. The molecule has 1 saturated carbocycles. The van der Waals surface area contributed by atoms with Gasteiger partial charge in [0.25, 0.3) is 0 Å². The first-order valence-electron chi connectivity index (χ1n) is 6.83. The molecule has 1 aromatic carbocycles. The second-order valence-electron chi connectivity index (χ2n) is 5.26. The average molecular weight is 306 g/mol. The van der Waals surface area contributed by atoms with Crippen LogP contribution in [0.15, 0.2) is 35.7 Å². The minimum absolute atomic E-state index is 0.463. The number of hydrogen-bond donors (Lipinski definition) is 0. The molecule has 0 N–H and O–H groups in total. The van der Waals surface area contributed by atoms with Gasteiger partial charge >= 0.3 is 5.69 Å². The summed E-state index contributed by atoms with van der Waals surface area (Å²) < 4.78 is 13.7. The lowest BCUT2D eigenvalue weighted by Gasteiger charge is -2.21. The number of hydrogen-bond acceptors (Lipinski definition) is 4. The van der Waals surface area contributed by atoms with E-state index in [0.29, 0.717) is 12.6 Å². The Bertz CT molecular complexity index is 641. The minimum atomic E-state index is -0.760. The summed E-state index contributed by atoms with van der Waals surface area (Å²) >= 11 is 1.71.